The fourth-order valence-electron chi connectivity index (χ4n) is 2.28. The zero-order chi connectivity index (χ0) is 17.5. The van der Waals surface area contributed by atoms with Gasteiger partial charge in [0.25, 0.3) is 5.91 Å². The van der Waals surface area contributed by atoms with E-state index in [1.54, 1.807) is 18.4 Å². The first-order valence-electron chi connectivity index (χ1n) is 8.08. The van der Waals surface area contributed by atoms with Crippen LogP contribution < -0.4 is 10.1 Å². The van der Waals surface area contributed by atoms with Gasteiger partial charge in [-0.3, -0.25) is 4.79 Å². The number of hydrogen-bond acceptors (Lipinski definition) is 4. The SMILES string of the molecule is COC(CNC(=O)COc1ccc(C(C)C)cc1)c1ccc(C)s1. The molecule has 130 valence electrons. The highest BCUT2D eigenvalue weighted by atomic mass is 32.1. The van der Waals surface area contributed by atoms with Crippen molar-refractivity contribution in [3.05, 3.63) is 51.7 Å². The van der Waals surface area contributed by atoms with Crippen molar-refractivity contribution in [2.75, 3.05) is 20.3 Å². The lowest BCUT2D eigenvalue weighted by molar-refractivity contribution is -0.123. The average molecular weight is 347 g/mol. The van der Waals surface area contributed by atoms with Crippen LogP contribution in [-0.4, -0.2) is 26.2 Å². The van der Waals surface area contributed by atoms with Crippen LogP contribution in [0.3, 0.4) is 0 Å². The highest BCUT2D eigenvalue weighted by Crippen LogP contribution is 2.24. The van der Waals surface area contributed by atoms with Crippen LogP contribution >= 0.6 is 11.3 Å². The van der Waals surface area contributed by atoms with Crippen molar-refractivity contribution < 1.29 is 14.3 Å². The Kier molecular flexibility index (Phi) is 6.82. The Balaban J connectivity index is 1.78. The maximum absolute atomic E-state index is 12.0. The Morgan fingerprint density at radius 2 is 1.88 bits per heavy atom. The molecule has 0 spiro atoms. The minimum Gasteiger partial charge on any atom is -0.484 e. The molecule has 1 heterocycles. The monoisotopic (exact) mass is 347 g/mol. The Morgan fingerprint density at radius 1 is 1.17 bits per heavy atom. The molecule has 0 saturated heterocycles. The molecule has 2 aromatic rings. The fourth-order valence-corrected chi connectivity index (χ4v) is 3.24. The Bertz CT molecular complexity index is 649. The van der Waals surface area contributed by atoms with Crippen molar-refractivity contribution >= 4 is 17.2 Å². The van der Waals surface area contributed by atoms with Crippen molar-refractivity contribution in [1.82, 2.24) is 5.32 Å². The summed E-state index contributed by atoms with van der Waals surface area (Å²) in [6.07, 6.45) is -0.127. The van der Waals surface area contributed by atoms with E-state index in [9.17, 15) is 4.79 Å². The first-order valence-corrected chi connectivity index (χ1v) is 8.90. The van der Waals surface area contributed by atoms with Crippen LogP contribution in [-0.2, 0) is 9.53 Å². The van der Waals surface area contributed by atoms with E-state index in [1.807, 2.05) is 30.3 Å². The summed E-state index contributed by atoms with van der Waals surface area (Å²) < 4.78 is 11.0. The standard InChI is InChI=1S/C19H25NO3S/c1-13(2)15-6-8-16(9-7-15)23-12-19(21)20-11-17(22-4)18-10-5-14(3)24-18/h5-10,13,17H,11-12H2,1-4H3,(H,20,21). The number of methoxy groups -OCH3 is 1. The van der Waals surface area contributed by atoms with Crippen molar-refractivity contribution in [1.29, 1.82) is 0 Å². The third-order valence-corrected chi connectivity index (χ3v) is 4.86. The Labute approximate surface area is 147 Å². The fraction of sp³-hybridized carbons (Fsp3) is 0.421. The van der Waals surface area contributed by atoms with E-state index >= 15 is 0 Å². The van der Waals surface area contributed by atoms with E-state index in [4.69, 9.17) is 9.47 Å². The summed E-state index contributed by atoms with van der Waals surface area (Å²) in [6, 6.07) is 11.9. The molecule has 1 aromatic carbocycles. The lowest BCUT2D eigenvalue weighted by atomic mass is 10.0. The molecule has 0 bridgehead atoms. The molecule has 1 atom stereocenters. The Morgan fingerprint density at radius 3 is 2.42 bits per heavy atom. The zero-order valence-corrected chi connectivity index (χ0v) is 15.5. The van der Waals surface area contributed by atoms with Crippen LogP contribution in [0.1, 0.15) is 41.2 Å². The molecular formula is C19H25NO3S. The minimum absolute atomic E-state index is 0.000920. The molecule has 4 nitrogen and oxygen atoms in total. The smallest absolute Gasteiger partial charge is 0.258 e. The van der Waals surface area contributed by atoms with Crippen LogP contribution in [0.25, 0.3) is 0 Å². The number of benzene rings is 1. The molecule has 0 fully saturated rings. The number of nitrogens with one attached hydrogen (secondary N) is 1. The molecule has 0 radical (unpaired) electrons. The third-order valence-electron chi connectivity index (χ3n) is 3.76. The van der Waals surface area contributed by atoms with Crippen LogP contribution in [0.5, 0.6) is 5.75 Å². The summed E-state index contributed by atoms with van der Waals surface area (Å²) in [6.45, 7) is 6.78. The number of rotatable bonds is 8. The molecule has 5 heteroatoms. The van der Waals surface area contributed by atoms with Gasteiger partial charge < -0.3 is 14.8 Å². The second kappa shape index (κ2) is 8.85. The summed E-state index contributed by atoms with van der Waals surface area (Å²) >= 11 is 1.68. The summed E-state index contributed by atoms with van der Waals surface area (Å²) in [5, 5.41) is 2.86. The highest BCUT2D eigenvalue weighted by molar-refractivity contribution is 7.12. The van der Waals surface area contributed by atoms with Crippen LogP contribution in [0.4, 0.5) is 0 Å². The van der Waals surface area contributed by atoms with Crippen LogP contribution in [0.15, 0.2) is 36.4 Å². The predicted molar refractivity (Wildman–Crippen MR) is 97.8 cm³/mol. The molecule has 0 saturated carbocycles. The molecule has 0 aliphatic rings. The molecule has 1 N–H and O–H groups in total. The second-order valence-corrected chi connectivity index (χ2v) is 7.31. The third kappa shape index (κ3) is 5.35. The maximum atomic E-state index is 12.0. The summed E-state index contributed by atoms with van der Waals surface area (Å²) in [7, 11) is 1.65. The molecule has 0 aliphatic carbocycles. The number of thiophene rings is 1. The quantitative estimate of drug-likeness (QED) is 0.783. The molecule has 24 heavy (non-hydrogen) atoms. The van der Waals surface area contributed by atoms with E-state index in [0.717, 1.165) is 4.88 Å². The summed E-state index contributed by atoms with van der Waals surface area (Å²) in [5.41, 5.74) is 1.25. The van der Waals surface area contributed by atoms with Gasteiger partial charge in [0.2, 0.25) is 0 Å². The van der Waals surface area contributed by atoms with Crippen LogP contribution in [0.2, 0.25) is 0 Å². The number of ether oxygens (including phenoxy) is 2. The van der Waals surface area contributed by atoms with E-state index in [-0.39, 0.29) is 18.6 Å². The maximum Gasteiger partial charge on any atom is 0.258 e. The topological polar surface area (TPSA) is 47.6 Å². The predicted octanol–water partition coefficient (Wildman–Crippen LogP) is 4.06. The van der Waals surface area contributed by atoms with Crippen molar-refractivity contribution in [3.8, 4) is 5.75 Å². The molecule has 1 unspecified atom stereocenters. The van der Waals surface area contributed by atoms with Gasteiger partial charge in [0, 0.05) is 23.4 Å². The van der Waals surface area contributed by atoms with E-state index in [2.05, 4.69) is 32.2 Å². The normalized spacial score (nSPS) is 12.2. The van der Waals surface area contributed by atoms with E-state index in [1.165, 1.54) is 10.4 Å². The highest BCUT2D eigenvalue weighted by Gasteiger charge is 2.14. The van der Waals surface area contributed by atoms with Crippen molar-refractivity contribution in [2.45, 2.75) is 32.8 Å². The number of amides is 1. The lowest BCUT2D eigenvalue weighted by Crippen LogP contribution is -2.32. The van der Waals surface area contributed by atoms with Gasteiger partial charge in [0.1, 0.15) is 11.9 Å². The number of hydrogen-bond donors (Lipinski definition) is 1. The van der Waals surface area contributed by atoms with Gasteiger partial charge in [-0.1, -0.05) is 26.0 Å². The zero-order valence-electron chi connectivity index (χ0n) is 14.7. The van der Waals surface area contributed by atoms with E-state index < -0.39 is 0 Å². The van der Waals surface area contributed by atoms with Crippen molar-refractivity contribution in [3.63, 3.8) is 0 Å². The molecule has 2 rings (SSSR count). The van der Waals surface area contributed by atoms with Gasteiger partial charge in [0.05, 0.1) is 0 Å². The van der Waals surface area contributed by atoms with Gasteiger partial charge in [0.15, 0.2) is 6.61 Å². The molecule has 1 aromatic heterocycles. The van der Waals surface area contributed by atoms with Crippen LogP contribution in [0, 0.1) is 6.92 Å². The first kappa shape index (κ1) is 18.5. The van der Waals surface area contributed by atoms with Gasteiger partial charge in [-0.15, -0.1) is 11.3 Å². The summed E-state index contributed by atoms with van der Waals surface area (Å²) in [4.78, 5) is 14.3. The van der Waals surface area contributed by atoms with Gasteiger partial charge >= 0.3 is 0 Å². The second-order valence-electron chi connectivity index (χ2n) is 5.99. The summed E-state index contributed by atoms with van der Waals surface area (Å²) in [5.74, 6) is 1.03. The largest absolute Gasteiger partial charge is 0.484 e. The number of aryl methyl sites for hydroxylation is 1. The van der Waals surface area contributed by atoms with Crippen molar-refractivity contribution in [2.24, 2.45) is 0 Å². The average Bonchev–Trinajstić information content (AvgIpc) is 3.00. The molecular weight excluding hydrogens is 322 g/mol. The number of carbonyl (C=O) groups excluding carboxylic acids is 1. The van der Waals surface area contributed by atoms with Gasteiger partial charge in [-0.05, 0) is 42.7 Å². The minimum atomic E-state index is -0.154. The van der Waals surface area contributed by atoms with Gasteiger partial charge in [-0.25, -0.2) is 0 Å². The molecule has 0 aliphatic heterocycles. The van der Waals surface area contributed by atoms with Gasteiger partial charge in [-0.2, -0.15) is 0 Å². The molecule has 1 amide bonds. The lowest BCUT2D eigenvalue weighted by Gasteiger charge is -2.15. The Hall–Kier alpha value is -1.85. The van der Waals surface area contributed by atoms with E-state index in [0.29, 0.717) is 18.2 Å². The first-order chi connectivity index (χ1) is 11.5. The number of carbonyl (C=O) groups is 1.